The van der Waals surface area contributed by atoms with Crippen molar-refractivity contribution in [3.05, 3.63) is 53.8 Å². The molecule has 1 aliphatic heterocycles. The van der Waals surface area contributed by atoms with E-state index in [1.54, 1.807) is 18.2 Å². The Labute approximate surface area is 196 Å². The average Bonchev–Trinajstić information content (AvgIpc) is 3.19. The molecule has 1 N–H and O–H groups in total. The Morgan fingerprint density at radius 3 is 2.73 bits per heavy atom. The molecule has 1 amide bonds. The molecule has 0 unspecified atom stereocenters. The van der Waals surface area contributed by atoms with Crippen LogP contribution < -0.4 is 14.8 Å². The minimum atomic E-state index is -0.344. The average molecular weight is 471 g/mol. The summed E-state index contributed by atoms with van der Waals surface area (Å²) >= 11 is 1.30. The van der Waals surface area contributed by atoms with Gasteiger partial charge < -0.3 is 19.4 Å². The zero-order valence-electron chi connectivity index (χ0n) is 18.7. The number of nitrogens with zero attached hydrogens (tertiary/aromatic N) is 3. The number of nitrogens with one attached hydrogen (secondary N) is 1. The molecule has 0 saturated heterocycles. The Morgan fingerprint density at radius 1 is 1.15 bits per heavy atom. The number of carbonyl (C=O) groups is 1. The van der Waals surface area contributed by atoms with Gasteiger partial charge >= 0.3 is 0 Å². The second-order valence-electron chi connectivity index (χ2n) is 8.16. The van der Waals surface area contributed by atoms with Gasteiger partial charge in [-0.05, 0) is 42.2 Å². The molecule has 0 fully saturated rings. The third kappa shape index (κ3) is 5.84. The molecular formula is C24H27FN4O3S. The first-order chi connectivity index (χ1) is 16.0. The van der Waals surface area contributed by atoms with Crippen LogP contribution in [0, 0.1) is 11.7 Å². The molecular weight excluding hydrogens is 443 g/mol. The summed E-state index contributed by atoms with van der Waals surface area (Å²) in [7, 11) is 0. The number of carbonyl (C=O) groups excluding carboxylic acids is 1. The molecule has 7 nitrogen and oxygen atoms in total. The number of amides is 1. The van der Waals surface area contributed by atoms with Crippen LogP contribution in [0.15, 0.2) is 47.6 Å². The van der Waals surface area contributed by atoms with Crippen LogP contribution in [0.3, 0.4) is 0 Å². The van der Waals surface area contributed by atoms with Crippen molar-refractivity contribution in [3.8, 4) is 22.9 Å². The molecule has 1 aliphatic rings. The molecule has 9 heteroatoms. The van der Waals surface area contributed by atoms with Crippen molar-refractivity contribution >= 4 is 17.7 Å². The summed E-state index contributed by atoms with van der Waals surface area (Å²) in [4.78, 5) is 12.4. The maximum Gasteiger partial charge on any atom is 0.230 e. The number of ether oxygens (including phenoxy) is 2. The van der Waals surface area contributed by atoms with Crippen LogP contribution in [0.4, 0.5) is 4.39 Å². The van der Waals surface area contributed by atoms with Gasteiger partial charge in [0, 0.05) is 13.1 Å². The highest BCUT2D eigenvalue weighted by Gasteiger charge is 2.19. The van der Waals surface area contributed by atoms with Crippen molar-refractivity contribution in [3.63, 3.8) is 0 Å². The number of fused-ring (bicyclic) bond motifs is 1. The molecule has 0 aliphatic carbocycles. The van der Waals surface area contributed by atoms with E-state index in [2.05, 4.69) is 29.4 Å². The second kappa shape index (κ2) is 10.7. The van der Waals surface area contributed by atoms with Crippen molar-refractivity contribution < 1.29 is 18.7 Å². The first-order valence-electron chi connectivity index (χ1n) is 11.0. The van der Waals surface area contributed by atoms with Gasteiger partial charge in [-0.2, -0.15) is 0 Å². The highest BCUT2D eigenvalue weighted by molar-refractivity contribution is 7.99. The molecule has 0 bridgehead atoms. The van der Waals surface area contributed by atoms with Crippen molar-refractivity contribution in [2.75, 3.05) is 25.5 Å². The van der Waals surface area contributed by atoms with Crippen molar-refractivity contribution in [1.29, 1.82) is 0 Å². The lowest BCUT2D eigenvalue weighted by atomic mass is 10.1. The van der Waals surface area contributed by atoms with Crippen molar-refractivity contribution in [2.24, 2.45) is 5.92 Å². The Hall–Kier alpha value is -3.07. The number of hydrogen-bond acceptors (Lipinski definition) is 6. The van der Waals surface area contributed by atoms with Gasteiger partial charge in [0.25, 0.3) is 0 Å². The minimum absolute atomic E-state index is 0.0934. The molecule has 174 valence electrons. The van der Waals surface area contributed by atoms with Crippen molar-refractivity contribution in [2.45, 2.75) is 32.0 Å². The topological polar surface area (TPSA) is 78.3 Å². The molecule has 4 rings (SSSR count). The van der Waals surface area contributed by atoms with Crippen LogP contribution in [0.5, 0.6) is 11.5 Å². The van der Waals surface area contributed by atoms with E-state index in [0.717, 1.165) is 17.1 Å². The van der Waals surface area contributed by atoms with Gasteiger partial charge in [-0.1, -0.05) is 43.8 Å². The fourth-order valence-corrected chi connectivity index (χ4v) is 4.32. The Morgan fingerprint density at radius 2 is 1.94 bits per heavy atom. The smallest absolute Gasteiger partial charge is 0.230 e. The lowest BCUT2D eigenvalue weighted by molar-refractivity contribution is -0.118. The number of halogens is 1. The van der Waals surface area contributed by atoms with Gasteiger partial charge in [-0.15, -0.1) is 10.2 Å². The predicted octanol–water partition coefficient (Wildman–Crippen LogP) is 3.96. The van der Waals surface area contributed by atoms with Gasteiger partial charge in [0.1, 0.15) is 19.0 Å². The fraction of sp³-hybridized carbons (Fsp3) is 0.375. The standard InChI is InChI=1S/C24H27FN4O3S/c1-16(2)14-29-23(18-5-3-4-6-19(18)25)27-28-24(29)33-15-22(30)26-10-9-17-7-8-20-21(13-17)32-12-11-31-20/h3-8,13,16H,9-12,14-15H2,1-2H3,(H,26,30). The SMILES string of the molecule is CC(C)Cn1c(SCC(=O)NCCc2ccc3c(c2)OCCO3)nnc1-c1ccccc1F. The summed E-state index contributed by atoms with van der Waals surface area (Å²) < 4.78 is 27.3. The monoisotopic (exact) mass is 470 g/mol. The summed E-state index contributed by atoms with van der Waals surface area (Å²) in [5.41, 5.74) is 1.47. The van der Waals surface area contributed by atoms with E-state index in [1.807, 2.05) is 22.8 Å². The van der Waals surface area contributed by atoms with Gasteiger partial charge in [0.2, 0.25) is 5.91 Å². The lowest BCUT2D eigenvalue weighted by Crippen LogP contribution is -2.27. The zero-order valence-corrected chi connectivity index (χ0v) is 19.5. The van der Waals surface area contributed by atoms with E-state index in [9.17, 15) is 9.18 Å². The zero-order chi connectivity index (χ0) is 23.2. The Bertz CT molecular complexity index is 1120. The Kier molecular flexibility index (Phi) is 7.49. The van der Waals surface area contributed by atoms with Crippen LogP contribution in [0.25, 0.3) is 11.4 Å². The first kappa shape index (κ1) is 23.1. The molecule has 2 heterocycles. The van der Waals surface area contributed by atoms with Crippen LogP contribution >= 0.6 is 11.8 Å². The molecule has 3 aromatic rings. The van der Waals surface area contributed by atoms with E-state index < -0.39 is 0 Å². The number of aromatic nitrogens is 3. The molecule has 1 aromatic heterocycles. The minimum Gasteiger partial charge on any atom is -0.486 e. The van der Waals surface area contributed by atoms with Crippen LogP contribution in [0.1, 0.15) is 19.4 Å². The van der Waals surface area contributed by atoms with E-state index in [-0.39, 0.29) is 17.5 Å². The highest BCUT2D eigenvalue weighted by atomic mass is 32.2. The third-order valence-electron chi connectivity index (χ3n) is 5.05. The van der Waals surface area contributed by atoms with E-state index >= 15 is 0 Å². The molecule has 0 radical (unpaired) electrons. The molecule has 0 saturated carbocycles. The van der Waals surface area contributed by atoms with E-state index in [0.29, 0.717) is 55.2 Å². The summed E-state index contributed by atoms with van der Waals surface area (Å²) in [5.74, 6) is 2.05. The maximum atomic E-state index is 14.3. The van der Waals surface area contributed by atoms with Gasteiger partial charge in [0.15, 0.2) is 22.5 Å². The van der Waals surface area contributed by atoms with Gasteiger partial charge in [-0.3, -0.25) is 4.79 Å². The number of thioether (sulfide) groups is 1. The number of benzene rings is 2. The second-order valence-corrected chi connectivity index (χ2v) is 9.10. The lowest BCUT2D eigenvalue weighted by Gasteiger charge is -2.18. The number of rotatable bonds is 9. The van der Waals surface area contributed by atoms with Crippen LogP contribution in [-0.2, 0) is 17.8 Å². The predicted molar refractivity (Wildman–Crippen MR) is 125 cm³/mol. The summed E-state index contributed by atoms with van der Waals surface area (Å²) in [6.45, 7) is 6.40. The molecule has 0 spiro atoms. The summed E-state index contributed by atoms with van der Waals surface area (Å²) in [5, 5.41) is 12.0. The summed E-state index contributed by atoms with van der Waals surface area (Å²) in [6, 6.07) is 12.3. The van der Waals surface area contributed by atoms with Crippen LogP contribution in [0.2, 0.25) is 0 Å². The normalized spacial score (nSPS) is 12.7. The Balaban J connectivity index is 1.34. The molecule has 2 aromatic carbocycles. The van der Waals surface area contributed by atoms with Crippen LogP contribution in [-0.4, -0.2) is 46.2 Å². The van der Waals surface area contributed by atoms with E-state index in [1.165, 1.54) is 17.8 Å². The van der Waals surface area contributed by atoms with E-state index in [4.69, 9.17) is 9.47 Å². The highest BCUT2D eigenvalue weighted by Crippen LogP contribution is 2.31. The number of hydrogen-bond donors (Lipinski definition) is 1. The van der Waals surface area contributed by atoms with Crippen molar-refractivity contribution in [1.82, 2.24) is 20.1 Å². The molecule has 33 heavy (non-hydrogen) atoms. The quantitative estimate of drug-likeness (QED) is 0.477. The fourth-order valence-electron chi connectivity index (χ4n) is 3.54. The third-order valence-corrected chi connectivity index (χ3v) is 6.02. The summed E-state index contributed by atoms with van der Waals surface area (Å²) in [6.07, 6.45) is 0.689. The van der Waals surface area contributed by atoms with Gasteiger partial charge in [0.05, 0.1) is 11.3 Å². The first-order valence-corrected chi connectivity index (χ1v) is 12.0. The largest absolute Gasteiger partial charge is 0.486 e. The maximum absolute atomic E-state index is 14.3. The molecule has 0 atom stereocenters. The van der Waals surface area contributed by atoms with Gasteiger partial charge in [-0.25, -0.2) is 4.39 Å².